The number of ketones is 1. The first kappa shape index (κ1) is 29.1. The number of hydrogen-bond acceptors (Lipinski definition) is 13. The fraction of sp³-hybridized carbons (Fsp3) is 0.310. The predicted octanol–water partition coefficient (Wildman–Crippen LogP) is 5.04. The molecule has 0 saturated carbocycles. The smallest absolute Gasteiger partial charge is 0.293 e. The zero-order valence-corrected chi connectivity index (χ0v) is 25.8. The van der Waals surface area contributed by atoms with Crippen molar-refractivity contribution in [3.05, 3.63) is 68.8 Å². The Hall–Kier alpha value is -4.01. The van der Waals surface area contributed by atoms with Crippen molar-refractivity contribution in [2.24, 2.45) is 0 Å². The number of ether oxygens (including phenoxy) is 3. The van der Waals surface area contributed by atoms with E-state index in [-0.39, 0.29) is 23.9 Å². The van der Waals surface area contributed by atoms with Gasteiger partial charge in [0, 0.05) is 30.2 Å². The highest BCUT2D eigenvalue weighted by atomic mass is 32.2. The SMILES string of the molecule is COc1ccc2c(c1)CC(C(=O)Cc1nnc(CCSCCc3nnc(NC(=O)c4cc5cc(OC)ccc5o4)s3)s1)O2. The number of nitrogens with one attached hydrogen (secondary N) is 1. The van der Waals surface area contributed by atoms with Crippen LogP contribution in [0.25, 0.3) is 11.0 Å². The molecule has 3 aromatic heterocycles. The number of fused-ring (bicyclic) bond motifs is 2. The molecular weight excluding hydrogens is 611 g/mol. The number of furan rings is 1. The third-order valence-corrected chi connectivity index (χ3v) is 9.56. The van der Waals surface area contributed by atoms with Gasteiger partial charge in [-0.1, -0.05) is 11.3 Å². The second-order valence-corrected chi connectivity index (χ2v) is 13.0. The van der Waals surface area contributed by atoms with Crippen molar-refractivity contribution >= 4 is 62.2 Å². The number of anilines is 1. The lowest BCUT2D eigenvalue weighted by atomic mass is 10.1. The second-order valence-electron chi connectivity index (χ2n) is 9.60. The van der Waals surface area contributed by atoms with E-state index in [0.29, 0.717) is 27.9 Å². The Balaban J connectivity index is 0.906. The van der Waals surface area contributed by atoms with E-state index in [4.69, 9.17) is 18.6 Å². The van der Waals surface area contributed by atoms with Gasteiger partial charge < -0.3 is 18.6 Å². The van der Waals surface area contributed by atoms with E-state index in [2.05, 4.69) is 25.7 Å². The van der Waals surface area contributed by atoms with Crippen molar-refractivity contribution in [3.8, 4) is 17.2 Å². The number of hydrogen-bond donors (Lipinski definition) is 1. The molecular formula is C29H27N5O6S3. The van der Waals surface area contributed by atoms with Crippen LogP contribution in [0, 0.1) is 0 Å². The van der Waals surface area contributed by atoms with Gasteiger partial charge in [0.2, 0.25) is 5.13 Å². The first-order chi connectivity index (χ1) is 21.0. The minimum absolute atomic E-state index is 0.00175. The highest BCUT2D eigenvalue weighted by Gasteiger charge is 2.30. The van der Waals surface area contributed by atoms with E-state index in [1.54, 1.807) is 44.2 Å². The summed E-state index contributed by atoms with van der Waals surface area (Å²) < 4.78 is 22.0. The van der Waals surface area contributed by atoms with Crippen molar-refractivity contribution in [2.75, 3.05) is 31.0 Å². The summed E-state index contributed by atoms with van der Waals surface area (Å²) in [6, 6.07) is 12.6. The lowest BCUT2D eigenvalue weighted by Crippen LogP contribution is -2.26. The molecule has 1 aliphatic rings. The normalized spacial score (nSPS) is 14.0. The summed E-state index contributed by atoms with van der Waals surface area (Å²) in [4.78, 5) is 25.4. The monoisotopic (exact) mass is 637 g/mol. The molecule has 5 aromatic rings. The van der Waals surface area contributed by atoms with E-state index in [1.165, 1.54) is 22.7 Å². The number of thioether (sulfide) groups is 1. The number of Topliss-reactive ketones (excluding diaryl/α,β-unsaturated/α-hetero) is 1. The maximum Gasteiger partial charge on any atom is 0.293 e. The van der Waals surface area contributed by atoms with Crippen molar-refractivity contribution in [1.29, 1.82) is 0 Å². The molecule has 11 nitrogen and oxygen atoms in total. The van der Waals surface area contributed by atoms with Crippen molar-refractivity contribution in [3.63, 3.8) is 0 Å². The number of methoxy groups -OCH3 is 2. The summed E-state index contributed by atoms with van der Waals surface area (Å²) in [5.41, 5.74) is 1.58. The maximum atomic E-state index is 12.8. The molecule has 0 bridgehead atoms. The lowest BCUT2D eigenvalue weighted by Gasteiger charge is -2.07. The third kappa shape index (κ3) is 6.98. The number of aromatic nitrogens is 4. The van der Waals surface area contributed by atoms with Gasteiger partial charge in [0.05, 0.1) is 20.6 Å². The first-order valence-corrected chi connectivity index (χ1v) is 16.2. The van der Waals surface area contributed by atoms with Gasteiger partial charge in [-0.05, 0) is 54.0 Å². The van der Waals surface area contributed by atoms with E-state index in [0.717, 1.165) is 56.8 Å². The van der Waals surface area contributed by atoms with Gasteiger partial charge in [-0.3, -0.25) is 14.9 Å². The third-order valence-electron chi connectivity index (χ3n) is 6.69. The molecule has 2 aromatic carbocycles. The maximum absolute atomic E-state index is 12.8. The Morgan fingerprint density at radius 1 is 0.930 bits per heavy atom. The molecule has 1 amide bonds. The number of carbonyl (C=O) groups excluding carboxylic acids is 2. The minimum Gasteiger partial charge on any atom is -0.497 e. The molecule has 6 rings (SSSR count). The van der Waals surface area contributed by atoms with Crippen LogP contribution in [0.3, 0.4) is 0 Å². The number of benzene rings is 2. The number of amides is 1. The Bertz CT molecular complexity index is 1770. The molecule has 222 valence electrons. The van der Waals surface area contributed by atoms with E-state index in [1.807, 2.05) is 24.3 Å². The zero-order valence-electron chi connectivity index (χ0n) is 23.3. The average Bonchev–Trinajstić information content (AvgIpc) is 3.82. The molecule has 0 spiro atoms. The van der Waals surface area contributed by atoms with Gasteiger partial charge in [-0.2, -0.15) is 11.8 Å². The van der Waals surface area contributed by atoms with Crippen LogP contribution in [-0.4, -0.2) is 63.9 Å². The standard InChI is InChI=1S/C29H27N5O6S3/c1-37-18-3-5-21-16(11-18)13-23(39-21)20(35)15-27-33-31-25(42-27)7-9-41-10-8-26-32-34-29(43-26)30-28(36)24-14-17-12-19(38-2)4-6-22(17)40-24/h3-6,11-12,14,23H,7-10,13,15H2,1-2H3,(H,30,34,36). The summed E-state index contributed by atoms with van der Waals surface area (Å²) in [5.74, 6) is 3.69. The van der Waals surface area contributed by atoms with Gasteiger partial charge in [-0.15, -0.1) is 31.7 Å². The number of aryl methyl sites for hydroxylation is 2. The summed E-state index contributed by atoms with van der Waals surface area (Å²) in [6.07, 6.45) is 1.74. The fourth-order valence-electron chi connectivity index (χ4n) is 4.50. The van der Waals surface area contributed by atoms with Crippen LogP contribution in [0.15, 0.2) is 46.9 Å². The molecule has 1 N–H and O–H groups in total. The van der Waals surface area contributed by atoms with Gasteiger partial charge in [-0.25, -0.2) is 0 Å². The second kappa shape index (κ2) is 13.1. The largest absolute Gasteiger partial charge is 0.497 e. The molecule has 1 aliphatic heterocycles. The van der Waals surface area contributed by atoms with Crippen LogP contribution in [-0.2, 0) is 30.5 Å². The number of rotatable bonds is 13. The van der Waals surface area contributed by atoms with Crippen LogP contribution in [0.5, 0.6) is 17.2 Å². The van der Waals surface area contributed by atoms with Crippen molar-refractivity contribution < 1.29 is 28.2 Å². The predicted molar refractivity (Wildman–Crippen MR) is 165 cm³/mol. The van der Waals surface area contributed by atoms with Gasteiger partial charge >= 0.3 is 0 Å². The quantitative estimate of drug-likeness (QED) is 0.174. The number of carbonyl (C=O) groups is 2. The molecule has 1 atom stereocenters. The molecule has 0 fully saturated rings. The minimum atomic E-state index is -0.505. The van der Waals surface area contributed by atoms with Crippen molar-refractivity contribution in [1.82, 2.24) is 20.4 Å². The Kier molecular flexibility index (Phi) is 8.86. The molecule has 0 saturated heterocycles. The van der Waals surface area contributed by atoms with Gasteiger partial charge in [0.25, 0.3) is 5.91 Å². The van der Waals surface area contributed by atoms with Crippen LogP contribution in [0.2, 0.25) is 0 Å². The van der Waals surface area contributed by atoms with Crippen LogP contribution < -0.4 is 19.5 Å². The number of nitrogens with zero attached hydrogens (tertiary/aromatic N) is 4. The highest BCUT2D eigenvalue weighted by molar-refractivity contribution is 7.99. The zero-order chi connectivity index (χ0) is 29.8. The van der Waals surface area contributed by atoms with Gasteiger partial charge in [0.15, 0.2) is 17.6 Å². The van der Waals surface area contributed by atoms with Gasteiger partial charge in [0.1, 0.15) is 37.9 Å². The summed E-state index contributed by atoms with van der Waals surface area (Å²) in [7, 11) is 3.21. The molecule has 0 aliphatic carbocycles. The lowest BCUT2D eigenvalue weighted by molar-refractivity contribution is -0.124. The molecule has 0 radical (unpaired) electrons. The highest BCUT2D eigenvalue weighted by Crippen LogP contribution is 2.33. The fourth-order valence-corrected chi connectivity index (χ4v) is 7.23. The average molecular weight is 638 g/mol. The topological polar surface area (TPSA) is 139 Å². The Morgan fingerprint density at radius 2 is 1.65 bits per heavy atom. The Labute approximate surface area is 259 Å². The summed E-state index contributed by atoms with van der Waals surface area (Å²) in [6.45, 7) is 0. The molecule has 4 heterocycles. The first-order valence-electron chi connectivity index (χ1n) is 13.4. The van der Waals surface area contributed by atoms with E-state index in [9.17, 15) is 9.59 Å². The van der Waals surface area contributed by atoms with Crippen molar-refractivity contribution in [2.45, 2.75) is 31.8 Å². The van der Waals surface area contributed by atoms with Crippen LogP contribution in [0.4, 0.5) is 5.13 Å². The van der Waals surface area contributed by atoms with E-state index < -0.39 is 6.10 Å². The molecule has 43 heavy (non-hydrogen) atoms. The van der Waals surface area contributed by atoms with Crippen LogP contribution >= 0.6 is 34.4 Å². The molecule has 1 unspecified atom stereocenters. The van der Waals surface area contributed by atoms with E-state index >= 15 is 0 Å². The summed E-state index contributed by atoms with van der Waals surface area (Å²) >= 11 is 4.59. The Morgan fingerprint density at radius 3 is 2.47 bits per heavy atom. The molecule has 14 heteroatoms. The van der Waals surface area contributed by atoms with Crippen LogP contribution in [0.1, 0.15) is 31.1 Å². The summed E-state index contributed by atoms with van der Waals surface area (Å²) in [5, 5.41) is 23.2.